The van der Waals surface area contributed by atoms with Crippen molar-refractivity contribution >= 4 is 51.8 Å². The number of methoxy groups -OCH3 is 2. The van der Waals surface area contributed by atoms with Crippen LogP contribution in [0.4, 0.5) is 0 Å². The first-order valence-corrected chi connectivity index (χ1v) is 14.2. The minimum absolute atomic E-state index is 0.336. The number of nitrogens with zero attached hydrogens (tertiary/aromatic N) is 1. The van der Waals surface area contributed by atoms with Crippen molar-refractivity contribution in [2.75, 3.05) is 14.2 Å². The van der Waals surface area contributed by atoms with Crippen LogP contribution in [0.2, 0.25) is 10.8 Å². The number of aromatic amines is 1. The Balaban J connectivity index is 0.000000195. The lowest BCUT2D eigenvalue weighted by Gasteiger charge is -2.30. The van der Waals surface area contributed by atoms with Crippen molar-refractivity contribution < 1.29 is 9.47 Å². The van der Waals surface area contributed by atoms with Gasteiger partial charge in [0, 0.05) is 22.4 Å². The first-order chi connectivity index (χ1) is 18.1. The molecule has 1 N–H and O–H groups in total. The van der Waals surface area contributed by atoms with E-state index in [1.165, 1.54) is 43.0 Å². The van der Waals surface area contributed by atoms with Crippen molar-refractivity contribution in [2.24, 2.45) is 0 Å². The molecule has 0 aliphatic heterocycles. The molecular formula is C30H33BClIN2O2. The van der Waals surface area contributed by atoms with Gasteiger partial charge in [-0.15, -0.1) is 0 Å². The van der Waals surface area contributed by atoms with E-state index in [4.69, 9.17) is 21.1 Å². The van der Waals surface area contributed by atoms with Crippen molar-refractivity contribution in [2.45, 2.75) is 44.3 Å². The molecule has 1 aromatic heterocycles. The van der Waals surface area contributed by atoms with Crippen molar-refractivity contribution in [1.82, 2.24) is 9.97 Å². The number of halogens is 2. The Kier molecular flexibility index (Phi) is 10.4. The topological polar surface area (TPSA) is 47.1 Å². The Bertz CT molecular complexity index is 1210. The van der Waals surface area contributed by atoms with Gasteiger partial charge in [-0.3, -0.25) is 0 Å². The van der Waals surface area contributed by atoms with Gasteiger partial charge in [0.2, 0.25) is 6.71 Å². The number of H-pyrrole nitrogens is 1. The average Bonchev–Trinajstić information content (AvgIpc) is 3.46. The third kappa shape index (κ3) is 7.11. The van der Waals surface area contributed by atoms with E-state index < -0.39 is 0 Å². The molecule has 0 atom stereocenters. The van der Waals surface area contributed by atoms with E-state index in [1.807, 2.05) is 36.5 Å². The summed E-state index contributed by atoms with van der Waals surface area (Å²) in [5.74, 6) is 3.55. The van der Waals surface area contributed by atoms with Crippen molar-refractivity contribution in [3.05, 3.63) is 99.1 Å². The number of para-hydroxylation sites is 2. The minimum Gasteiger partial charge on any atom is -0.497 e. The van der Waals surface area contributed by atoms with Crippen LogP contribution in [0, 0.1) is 3.57 Å². The molecule has 1 aliphatic rings. The zero-order valence-corrected chi connectivity index (χ0v) is 24.3. The lowest BCUT2D eigenvalue weighted by molar-refractivity contribution is 0.416. The van der Waals surface area contributed by atoms with Gasteiger partial charge < -0.3 is 14.5 Å². The summed E-state index contributed by atoms with van der Waals surface area (Å²) in [5.41, 5.74) is 3.67. The fraction of sp³-hybridized carbons (Fsp3) is 0.300. The van der Waals surface area contributed by atoms with Crippen LogP contribution >= 0.6 is 34.2 Å². The van der Waals surface area contributed by atoms with Gasteiger partial charge in [-0.05, 0) is 57.3 Å². The summed E-state index contributed by atoms with van der Waals surface area (Å²) in [6, 6.07) is 22.9. The number of rotatable bonds is 7. The van der Waals surface area contributed by atoms with Gasteiger partial charge in [0.15, 0.2) is 0 Å². The molecule has 1 fully saturated rings. The van der Waals surface area contributed by atoms with Crippen LogP contribution in [-0.4, -0.2) is 30.9 Å². The van der Waals surface area contributed by atoms with E-state index in [1.54, 1.807) is 20.4 Å². The lowest BCUT2D eigenvalue weighted by atomic mass is 9.31. The van der Waals surface area contributed by atoms with E-state index in [2.05, 4.69) is 69.0 Å². The summed E-state index contributed by atoms with van der Waals surface area (Å²) in [6.45, 7) is 0.336. The number of imidazole rings is 1. The molecule has 7 heteroatoms. The second-order valence-corrected chi connectivity index (χ2v) is 10.8. The second kappa shape index (κ2) is 13.9. The average molecular weight is 627 g/mol. The summed E-state index contributed by atoms with van der Waals surface area (Å²) in [5, 5.41) is 0.824. The van der Waals surface area contributed by atoms with E-state index in [0.29, 0.717) is 12.5 Å². The van der Waals surface area contributed by atoms with Crippen LogP contribution in [0.15, 0.2) is 79.1 Å². The molecule has 1 heterocycles. The SMILES string of the molecule is COc1ccccc1B(c1ccccc1OC)C1CCCCC1.Clc1c(I)cccc1Cc1ncc[nH]1. The lowest BCUT2D eigenvalue weighted by Crippen LogP contribution is -2.47. The molecule has 0 unspecified atom stereocenters. The molecule has 0 spiro atoms. The molecule has 4 aromatic rings. The molecule has 0 radical (unpaired) electrons. The van der Waals surface area contributed by atoms with Crippen molar-refractivity contribution in [1.29, 1.82) is 0 Å². The molecular weight excluding hydrogens is 594 g/mol. The first kappa shape index (κ1) is 27.6. The number of ether oxygens (including phenoxy) is 2. The Hall–Kier alpha value is -2.45. The predicted molar refractivity (Wildman–Crippen MR) is 163 cm³/mol. The van der Waals surface area contributed by atoms with E-state index in [9.17, 15) is 0 Å². The number of benzene rings is 3. The number of hydrogen-bond acceptors (Lipinski definition) is 3. The highest BCUT2D eigenvalue weighted by molar-refractivity contribution is 14.1. The van der Waals surface area contributed by atoms with Crippen LogP contribution in [-0.2, 0) is 6.42 Å². The maximum Gasteiger partial charge on any atom is 0.222 e. The maximum absolute atomic E-state index is 6.16. The van der Waals surface area contributed by atoms with Gasteiger partial charge in [0.25, 0.3) is 0 Å². The zero-order chi connectivity index (χ0) is 26.0. The molecule has 0 saturated heterocycles. The van der Waals surface area contributed by atoms with E-state index in [0.717, 1.165) is 37.9 Å². The summed E-state index contributed by atoms with van der Waals surface area (Å²) >= 11 is 8.39. The van der Waals surface area contributed by atoms with Crippen LogP contribution < -0.4 is 20.4 Å². The highest BCUT2D eigenvalue weighted by atomic mass is 127. The normalized spacial score (nSPS) is 13.4. The quantitative estimate of drug-likeness (QED) is 0.179. The van der Waals surface area contributed by atoms with Crippen LogP contribution in [0.25, 0.3) is 0 Å². The molecule has 0 bridgehead atoms. The molecule has 192 valence electrons. The molecule has 3 aromatic carbocycles. The molecule has 1 aliphatic carbocycles. The second-order valence-electron chi connectivity index (χ2n) is 9.29. The van der Waals surface area contributed by atoms with Crippen LogP contribution in [0.3, 0.4) is 0 Å². The predicted octanol–water partition coefficient (Wildman–Crippen LogP) is 6.91. The maximum atomic E-state index is 6.16. The minimum atomic E-state index is 0.336. The monoisotopic (exact) mass is 626 g/mol. The third-order valence-corrected chi connectivity index (χ3v) is 8.68. The van der Waals surface area contributed by atoms with Crippen molar-refractivity contribution in [3.63, 3.8) is 0 Å². The van der Waals surface area contributed by atoms with Crippen molar-refractivity contribution in [3.8, 4) is 11.5 Å². The highest BCUT2D eigenvalue weighted by Crippen LogP contribution is 2.33. The molecule has 4 nitrogen and oxygen atoms in total. The third-order valence-electron chi connectivity index (χ3n) is 7.01. The standard InChI is InChI=1S/C20H25BO2.C10H8ClIN2/c1-22-19-14-8-6-12-17(19)21(16-10-4-3-5-11-16)18-13-7-9-15-20(18)23-2;11-10-7(2-1-3-8(10)12)6-9-13-4-5-14-9/h6-9,12-16H,3-5,10-11H2,1-2H3;1-5H,6H2,(H,13,14). The molecule has 1 saturated carbocycles. The van der Waals surface area contributed by atoms with Gasteiger partial charge in [0.1, 0.15) is 17.3 Å². The van der Waals surface area contributed by atoms with Crippen LogP contribution in [0.1, 0.15) is 43.5 Å². The molecule has 0 amide bonds. The smallest absolute Gasteiger partial charge is 0.222 e. The zero-order valence-electron chi connectivity index (χ0n) is 21.4. The highest BCUT2D eigenvalue weighted by Gasteiger charge is 2.34. The summed E-state index contributed by atoms with van der Waals surface area (Å²) in [6.07, 6.45) is 10.9. The molecule has 5 rings (SSSR count). The summed E-state index contributed by atoms with van der Waals surface area (Å²) in [7, 11) is 3.53. The Labute approximate surface area is 239 Å². The van der Waals surface area contributed by atoms with Gasteiger partial charge in [-0.2, -0.15) is 0 Å². The number of aromatic nitrogens is 2. The van der Waals surface area contributed by atoms with Gasteiger partial charge in [-0.25, -0.2) is 4.98 Å². The molecule has 37 heavy (non-hydrogen) atoms. The fourth-order valence-corrected chi connectivity index (χ4v) is 6.00. The van der Waals surface area contributed by atoms with E-state index >= 15 is 0 Å². The summed E-state index contributed by atoms with van der Waals surface area (Å²) in [4.78, 5) is 7.23. The fourth-order valence-electron chi connectivity index (χ4n) is 5.25. The first-order valence-electron chi connectivity index (χ1n) is 12.8. The Morgan fingerprint density at radius 2 is 1.51 bits per heavy atom. The summed E-state index contributed by atoms with van der Waals surface area (Å²) < 4.78 is 12.4. The van der Waals surface area contributed by atoms with Crippen LogP contribution in [0.5, 0.6) is 11.5 Å². The number of hydrogen-bond donors (Lipinski definition) is 1. The number of nitrogens with one attached hydrogen (secondary N) is 1. The van der Waals surface area contributed by atoms with Gasteiger partial charge in [0.05, 0.1) is 19.2 Å². The van der Waals surface area contributed by atoms with E-state index in [-0.39, 0.29) is 0 Å². The largest absolute Gasteiger partial charge is 0.497 e. The van der Waals surface area contributed by atoms with Gasteiger partial charge in [-0.1, -0.05) is 98.1 Å². The van der Waals surface area contributed by atoms with Gasteiger partial charge >= 0.3 is 0 Å². The Morgan fingerprint density at radius 1 is 0.892 bits per heavy atom. The Morgan fingerprint density at radius 3 is 2.08 bits per heavy atom.